The van der Waals surface area contributed by atoms with Gasteiger partial charge >= 0.3 is 5.97 Å². The average Bonchev–Trinajstić information content (AvgIpc) is 2.75. The molecule has 1 aromatic carbocycles. The van der Waals surface area contributed by atoms with Crippen LogP contribution in [0, 0.1) is 5.41 Å². The van der Waals surface area contributed by atoms with Gasteiger partial charge in [0.15, 0.2) is 5.69 Å². The van der Waals surface area contributed by atoms with Crippen molar-refractivity contribution < 1.29 is 14.6 Å². The summed E-state index contributed by atoms with van der Waals surface area (Å²) in [5.41, 5.74) is 2.04. The van der Waals surface area contributed by atoms with Crippen molar-refractivity contribution in [1.82, 2.24) is 4.98 Å². The van der Waals surface area contributed by atoms with Crippen LogP contribution in [0.4, 0.5) is 0 Å². The molecule has 1 heterocycles. The maximum atomic E-state index is 11.8. The van der Waals surface area contributed by atoms with Gasteiger partial charge in [-0.2, -0.15) is 0 Å². The number of carbonyl (C=O) groups excluding carboxylic acids is 1. The Morgan fingerprint density at radius 3 is 1.83 bits per heavy atom. The largest absolute Gasteiger partial charge is 0.456 e. The molecule has 0 atom stereocenters. The van der Waals surface area contributed by atoms with E-state index in [9.17, 15) is 4.79 Å². The van der Waals surface area contributed by atoms with Crippen molar-refractivity contribution >= 4 is 5.97 Å². The van der Waals surface area contributed by atoms with E-state index in [1.54, 1.807) is 12.1 Å². The number of ether oxygens (including phenoxy) is 1. The fourth-order valence-electron chi connectivity index (χ4n) is 1.54. The number of pyridine rings is 1. The molecule has 0 saturated heterocycles. The van der Waals surface area contributed by atoms with Crippen molar-refractivity contribution in [2.45, 2.75) is 88.9 Å². The molecule has 0 radical (unpaired) electrons. The molecule has 0 saturated carbocycles. The van der Waals surface area contributed by atoms with Crippen LogP contribution in [0.5, 0.6) is 0 Å². The van der Waals surface area contributed by atoms with Crippen LogP contribution in [0.25, 0.3) is 0 Å². The Morgan fingerprint density at radius 2 is 1.40 bits per heavy atom. The topological polar surface area (TPSA) is 59.4 Å². The standard InChI is InChI=1S/C14H13NO3.C5H12.C3H8.2C2H6/c16-9-12-7-4-8-15-13(12)14(17)18-10-11-5-2-1-3-6-11;1-5(2,3)4;1-3-2;2*1-2/h1-8,16H,9-10H2;1-4H3;3H2,1-2H3;2*1-2H3. The summed E-state index contributed by atoms with van der Waals surface area (Å²) in [4.78, 5) is 15.7. The summed E-state index contributed by atoms with van der Waals surface area (Å²) >= 11 is 0. The van der Waals surface area contributed by atoms with Gasteiger partial charge in [0.1, 0.15) is 6.61 Å². The zero-order chi connectivity index (χ0) is 24.0. The second-order valence-corrected chi connectivity index (χ2v) is 7.44. The van der Waals surface area contributed by atoms with Gasteiger partial charge in [-0.1, -0.05) is 112 Å². The lowest BCUT2D eigenvalue weighted by atomic mass is 10.0. The summed E-state index contributed by atoms with van der Waals surface area (Å²) in [6.45, 7) is 21.0. The fraction of sp³-hybridized carbons (Fsp3) is 0.538. The minimum absolute atomic E-state index is 0.163. The first-order valence-corrected chi connectivity index (χ1v) is 11.0. The quantitative estimate of drug-likeness (QED) is 0.523. The highest BCUT2D eigenvalue weighted by Gasteiger charge is 2.13. The van der Waals surface area contributed by atoms with Gasteiger partial charge in [0.2, 0.25) is 0 Å². The third kappa shape index (κ3) is 20.5. The van der Waals surface area contributed by atoms with Crippen LogP contribution >= 0.6 is 0 Å². The van der Waals surface area contributed by atoms with Crippen molar-refractivity contribution in [3.05, 3.63) is 65.5 Å². The molecule has 0 aliphatic carbocycles. The smallest absolute Gasteiger partial charge is 0.357 e. The van der Waals surface area contributed by atoms with Gasteiger partial charge in [0.25, 0.3) is 0 Å². The van der Waals surface area contributed by atoms with E-state index in [0.717, 1.165) is 5.56 Å². The molecule has 0 fully saturated rings. The third-order valence-corrected chi connectivity index (χ3v) is 2.47. The molecule has 4 heteroatoms. The lowest BCUT2D eigenvalue weighted by Crippen LogP contribution is -2.10. The van der Waals surface area contributed by atoms with Crippen LogP contribution < -0.4 is 0 Å². The van der Waals surface area contributed by atoms with Gasteiger partial charge in [0.05, 0.1) is 6.61 Å². The van der Waals surface area contributed by atoms with Crippen molar-refractivity contribution in [3.8, 4) is 0 Å². The van der Waals surface area contributed by atoms with Gasteiger partial charge in [0, 0.05) is 11.8 Å². The third-order valence-electron chi connectivity index (χ3n) is 2.47. The molecule has 0 unspecified atom stereocenters. The van der Waals surface area contributed by atoms with E-state index in [1.807, 2.05) is 58.0 Å². The summed E-state index contributed by atoms with van der Waals surface area (Å²) in [6.07, 6.45) is 2.75. The van der Waals surface area contributed by atoms with Crippen LogP contribution in [0.1, 0.15) is 97.3 Å². The van der Waals surface area contributed by atoms with Crippen molar-refractivity contribution in [2.24, 2.45) is 5.41 Å². The molecule has 2 rings (SSSR count). The molecule has 0 bridgehead atoms. The lowest BCUT2D eigenvalue weighted by molar-refractivity contribution is 0.0462. The van der Waals surface area contributed by atoms with Crippen LogP contribution in [0.2, 0.25) is 0 Å². The summed E-state index contributed by atoms with van der Waals surface area (Å²) in [5.74, 6) is -0.525. The number of benzene rings is 1. The number of aliphatic hydroxyl groups excluding tert-OH is 1. The maximum Gasteiger partial charge on any atom is 0.357 e. The van der Waals surface area contributed by atoms with Crippen LogP contribution in [-0.2, 0) is 18.0 Å². The Kier molecular flexibility index (Phi) is 23.3. The van der Waals surface area contributed by atoms with Crippen LogP contribution in [-0.4, -0.2) is 16.1 Å². The predicted molar refractivity (Wildman–Crippen MR) is 130 cm³/mol. The molecule has 2 aromatic rings. The van der Waals surface area contributed by atoms with E-state index in [1.165, 1.54) is 12.6 Å². The number of nitrogens with zero attached hydrogens (tertiary/aromatic N) is 1. The molecule has 1 N–H and O–H groups in total. The molecule has 0 amide bonds. The second kappa shape index (κ2) is 21.5. The number of rotatable bonds is 4. The number of hydrogen-bond donors (Lipinski definition) is 1. The zero-order valence-corrected chi connectivity index (χ0v) is 21.0. The van der Waals surface area contributed by atoms with Gasteiger partial charge in [-0.05, 0) is 17.0 Å². The fourth-order valence-corrected chi connectivity index (χ4v) is 1.54. The van der Waals surface area contributed by atoms with E-state index in [0.29, 0.717) is 11.0 Å². The Balaban J connectivity index is -0.000000510. The van der Waals surface area contributed by atoms with E-state index in [2.05, 4.69) is 46.5 Å². The van der Waals surface area contributed by atoms with Gasteiger partial charge in [-0.3, -0.25) is 0 Å². The summed E-state index contributed by atoms with van der Waals surface area (Å²) < 4.78 is 5.14. The molecular weight excluding hydrogens is 374 g/mol. The highest BCUT2D eigenvalue weighted by molar-refractivity contribution is 5.88. The molecular formula is C26H45NO3. The first-order valence-electron chi connectivity index (χ1n) is 11.0. The van der Waals surface area contributed by atoms with Crippen molar-refractivity contribution in [1.29, 1.82) is 0 Å². The molecule has 1 aromatic heterocycles. The van der Waals surface area contributed by atoms with E-state index >= 15 is 0 Å². The van der Waals surface area contributed by atoms with E-state index < -0.39 is 5.97 Å². The Labute approximate surface area is 185 Å². The summed E-state index contributed by atoms with van der Waals surface area (Å²) in [6, 6.07) is 12.7. The molecule has 4 nitrogen and oxygen atoms in total. The SMILES string of the molecule is CC.CC.CC(C)(C)C.CCC.O=C(OCc1ccccc1)c1ncccc1CO. The minimum Gasteiger partial charge on any atom is -0.456 e. The first kappa shape index (κ1) is 32.5. The van der Waals surface area contributed by atoms with E-state index in [4.69, 9.17) is 9.84 Å². The molecule has 0 aliphatic heterocycles. The summed E-state index contributed by atoms with van der Waals surface area (Å²) in [5, 5.41) is 9.10. The second-order valence-electron chi connectivity index (χ2n) is 7.44. The normalized spacial score (nSPS) is 9.03. The van der Waals surface area contributed by atoms with Gasteiger partial charge < -0.3 is 9.84 Å². The maximum absolute atomic E-state index is 11.8. The van der Waals surface area contributed by atoms with E-state index in [-0.39, 0.29) is 18.9 Å². The number of aromatic nitrogens is 1. The van der Waals surface area contributed by atoms with Crippen LogP contribution in [0.3, 0.4) is 0 Å². The highest BCUT2D eigenvalue weighted by atomic mass is 16.5. The molecule has 30 heavy (non-hydrogen) atoms. The highest BCUT2D eigenvalue weighted by Crippen LogP contribution is 2.09. The van der Waals surface area contributed by atoms with Crippen molar-refractivity contribution in [3.63, 3.8) is 0 Å². The first-order chi connectivity index (χ1) is 14.2. The zero-order valence-electron chi connectivity index (χ0n) is 21.0. The van der Waals surface area contributed by atoms with Crippen LogP contribution in [0.15, 0.2) is 48.7 Å². The number of carbonyl (C=O) groups is 1. The van der Waals surface area contributed by atoms with Gasteiger partial charge in [-0.25, -0.2) is 9.78 Å². The Hall–Kier alpha value is -2.20. The lowest BCUT2D eigenvalue weighted by Gasteiger charge is -2.06. The molecule has 0 spiro atoms. The minimum atomic E-state index is -0.525. The predicted octanol–water partition coefficient (Wildman–Crippen LogP) is 7.45. The molecule has 0 aliphatic rings. The summed E-state index contributed by atoms with van der Waals surface area (Å²) in [7, 11) is 0. The number of aliphatic hydroxyl groups is 1. The Bertz CT molecular complexity index is 614. The monoisotopic (exact) mass is 419 g/mol. The molecule has 172 valence electrons. The van der Waals surface area contributed by atoms with Gasteiger partial charge in [-0.15, -0.1) is 0 Å². The average molecular weight is 420 g/mol. The Morgan fingerprint density at radius 1 is 0.933 bits per heavy atom. The number of esters is 1. The van der Waals surface area contributed by atoms with Crippen molar-refractivity contribution in [2.75, 3.05) is 0 Å². The number of hydrogen-bond acceptors (Lipinski definition) is 4.